The molecule has 0 saturated carbocycles. The van der Waals surface area contributed by atoms with Crippen molar-refractivity contribution in [1.29, 1.82) is 0 Å². The van der Waals surface area contributed by atoms with Gasteiger partial charge in [0.05, 0.1) is 31.3 Å². The second-order valence-electron chi connectivity index (χ2n) is 6.87. The maximum absolute atomic E-state index is 12.0. The standard InChI is InChI=1S/C20H25ClN2O5/c1-2-3-14-10-20(25)28-17-12-18(16(21)11-15(14)17)27-13-19(24)22-4-5-23-6-8-26-9-7-23/h10-12H,2-9,13H2,1H3,(H,22,24)/p+1. The lowest BCUT2D eigenvalue weighted by Gasteiger charge is -2.23. The first-order valence-corrected chi connectivity index (χ1v) is 10.0. The number of halogens is 1. The van der Waals surface area contributed by atoms with Crippen molar-refractivity contribution in [2.45, 2.75) is 19.8 Å². The van der Waals surface area contributed by atoms with E-state index in [1.165, 1.54) is 11.0 Å². The fourth-order valence-electron chi connectivity index (χ4n) is 3.30. The molecule has 1 amide bonds. The maximum atomic E-state index is 12.0. The molecular weight excluding hydrogens is 384 g/mol. The van der Waals surface area contributed by atoms with Crippen LogP contribution in [0.4, 0.5) is 0 Å². The van der Waals surface area contributed by atoms with Crippen LogP contribution in [-0.4, -0.2) is 51.9 Å². The molecule has 0 atom stereocenters. The number of benzene rings is 1. The molecule has 7 nitrogen and oxygen atoms in total. The number of hydrogen-bond donors (Lipinski definition) is 2. The summed E-state index contributed by atoms with van der Waals surface area (Å²) in [5.74, 6) is 0.102. The molecule has 1 aromatic heterocycles. The minimum absolute atomic E-state index is 0.150. The van der Waals surface area contributed by atoms with Gasteiger partial charge in [-0.3, -0.25) is 4.79 Å². The summed E-state index contributed by atoms with van der Waals surface area (Å²) >= 11 is 6.31. The van der Waals surface area contributed by atoms with Crippen LogP contribution in [0.15, 0.2) is 27.4 Å². The van der Waals surface area contributed by atoms with Crippen molar-refractivity contribution in [2.24, 2.45) is 0 Å². The zero-order valence-corrected chi connectivity index (χ0v) is 16.8. The number of hydrogen-bond acceptors (Lipinski definition) is 5. The molecule has 152 valence electrons. The zero-order valence-electron chi connectivity index (χ0n) is 16.0. The van der Waals surface area contributed by atoms with Crippen LogP contribution in [0.3, 0.4) is 0 Å². The van der Waals surface area contributed by atoms with Gasteiger partial charge in [0, 0.05) is 17.5 Å². The van der Waals surface area contributed by atoms with Gasteiger partial charge in [0.25, 0.3) is 5.91 Å². The SMILES string of the molecule is CCCc1cc(=O)oc2cc(OCC(=O)NCC[NH+]3CCOCC3)c(Cl)cc12. The van der Waals surface area contributed by atoms with Crippen molar-refractivity contribution in [3.63, 3.8) is 0 Å². The monoisotopic (exact) mass is 409 g/mol. The van der Waals surface area contributed by atoms with Gasteiger partial charge >= 0.3 is 5.63 Å². The molecule has 0 spiro atoms. The Morgan fingerprint density at radius 2 is 2.07 bits per heavy atom. The highest BCUT2D eigenvalue weighted by molar-refractivity contribution is 6.32. The largest absolute Gasteiger partial charge is 0.482 e. The van der Waals surface area contributed by atoms with Crippen molar-refractivity contribution in [3.8, 4) is 5.75 Å². The number of fused-ring (bicyclic) bond motifs is 1. The van der Waals surface area contributed by atoms with Crippen LogP contribution in [0.25, 0.3) is 11.0 Å². The Bertz CT molecular complexity index is 877. The predicted octanol–water partition coefficient (Wildman–Crippen LogP) is 0.809. The summed E-state index contributed by atoms with van der Waals surface area (Å²) in [6, 6.07) is 4.79. The van der Waals surface area contributed by atoms with E-state index in [0.29, 0.717) is 22.9 Å². The number of morpholine rings is 1. The van der Waals surface area contributed by atoms with Gasteiger partial charge < -0.3 is 24.1 Å². The third-order valence-corrected chi connectivity index (χ3v) is 5.06. The minimum Gasteiger partial charge on any atom is -0.482 e. The van der Waals surface area contributed by atoms with E-state index in [9.17, 15) is 9.59 Å². The van der Waals surface area contributed by atoms with Gasteiger partial charge in [-0.05, 0) is 18.1 Å². The Labute approximate surface area is 168 Å². The third kappa shape index (κ3) is 5.47. The third-order valence-electron chi connectivity index (χ3n) is 4.76. The lowest BCUT2D eigenvalue weighted by atomic mass is 10.1. The topological polar surface area (TPSA) is 82.2 Å². The second kappa shape index (κ2) is 9.91. The number of nitrogens with one attached hydrogen (secondary N) is 2. The summed E-state index contributed by atoms with van der Waals surface area (Å²) in [6.07, 6.45) is 1.66. The van der Waals surface area contributed by atoms with Crippen molar-refractivity contribution in [3.05, 3.63) is 39.2 Å². The fourth-order valence-corrected chi connectivity index (χ4v) is 3.52. The number of rotatable bonds is 8. The van der Waals surface area contributed by atoms with Crippen LogP contribution in [0.2, 0.25) is 5.02 Å². The van der Waals surface area contributed by atoms with Crippen LogP contribution in [0, 0.1) is 0 Å². The van der Waals surface area contributed by atoms with Crippen molar-refractivity contribution < 1.29 is 23.6 Å². The van der Waals surface area contributed by atoms with Crippen molar-refractivity contribution in [2.75, 3.05) is 46.0 Å². The van der Waals surface area contributed by atoms with E-state index in [4.69, 9.17) is 25.5 Å². The quantitative estimate of drug-likeness (QED) is 0.630. The molecule has 0 unspecified atom stereocenters. The smallest absolute Gasteiger partial charge is 0.336 e. The first-order valence-electron chi connectivity index (χ1n) is 9.64. The zero-order chi connectivity index (χ0) is 19.9. The Balaban J connectivity index is 1.58. The van der Waals surface area contributed by atoms with Gasteiger partial charge in [-0.2, -0.15) is 0 Å². The Morgan fingerprint density at radius 1 is 1.29 bits per heavy atom. The van der Waals surface area contributed by atoms with E-state index >= 15 is 0 Å². The van der Waals surface area contributed by atoms with Gasteiger partial charge in [-0.1, -0.05) is 24.9 Å². The summed E-state index contributed by atoms with van der Waals surface area (Å²) in [7, 11) is 0. The summed E-state index contributed by atoms with van der Waals surface area (Å²) in [5, 5.41) is 4.02. The maximum Gasteiger partial charge on any atom is 0.336 e. The molecule has 1 aliphatic heterocycles. The molecule has 2 aromatic rings. The molecule has 1 saturated heterocycles. The highest BCUT2D eigenvalue weighted by Gasteiger charge is 2.15. The lowest BCUT2D eigenvalue weighted by Crippen LogP contribution is -3.14. The second-order valence-corrected chi connectivity index (χ2v) is 7.28. The van der Waals surface area contributed by atoms with E-state index in [2.05, 4.69) is 5.32 Å². The van der Waals surface area contributed by atoms with Gasteiger partial charge in [0.15, 0.2) is 6.61 Å². The molecule has 1 aromatic carbocycles. The van der Waals surface area contributed by atoms with E-state index in [1.807, 2.05) is 6.92 Å². The molecule has 3 rings (SSSR count). The Morgan fingerprint density at radius 3 is 2.82 bits per heavy atom. The number of ether oxygens (including phenoxy) is 2. The van der Waals surface area contributed by atoms with Crippen molar-refractivity contribution >= 4 is 28.5 Å². The number of amides is 1. The fraction of sp³-hybridized carbons (Fsp3) is 0.500. The number of carbonyl (C=O) groups is 1. The molecular formula is C20H26ClN2O5+. The normalized spacial score (nSPS) is 14.9. The van der Waals surface area contributed by atoms with Crippen LogP contribution < -0.4 is 20.6 Å². The number of quaternary nitrogens is 1. The molecule has 8 heteroatoms. The molecule has 28 heavy (non-hydrogen) atoms. The van der Waals surface area contributed by atoms with Gasteiger partial charge in [0.2, 0.25) is 0 Å². The molecule has 0 bridgehead atoms. The molecule has 1 aliphatic rings. The summed E-state index contributed by atoms with van der Waals surface area (Å²) in [6.45, 7) is 6.79. The van der Waals surface area contributed by atoms with Gasteiger partial charge in [-0.25, -0.2) is 4.79 Å². The predicted molar refractivity (Wildman–Crippen MR) is 106 cm³/mol. The van der Waals surface area contributed by atoms with Crippen LogP contribution in [0.1, 0.15) is 18.9 Å². The van der Waals surface area contributed by atoms with Crippen LogP contribution in [0.5, 0.6) is 5.75 Å². The van der Waals surface area contributed by atoms with Crippen molar-refractivity contribution in [1.82, 2.24) is 5.32 Å². The van der Waals surface area contributed by atoms with E-state index < -0.39 is 5.63 Å². The van der Waals surface area contributed by atoms with Crippen LogP contribution >= 0.6 is 11.6 Å². The van der Waals surface area contributed by atoms with Crippen LogP contribution in [-0.2, 0) is 16.0 Å². The van der Waals surface area contributed by atoms with Gasteiger partial charge in [-0.15, -0.1) is 0 Å². The first kappa shape index (κ1) is 20.6. The van der Waals surface area contributed by atoms with E-state index in [-0.39, 0.29) is 12.5 Å². The molecule has 0 radical (unpaired) electrons. The molecule has 0 aliphatic carbocycles. The number of aryl methyl sites for hydroxylation is 1. The minimum atomic E-state index is -0.410. The average molecular weight is 410 g/mol. The molecule has 1 fully saturated rings. The highest BCUT2D eigenvalue weighted by Crippen LogP contribution is 2.31. The summed E-state index contributed by atoms with van der Waals surface area (Å²) < 4.78 is 16.1. The van der Waals surface area contributed by atoms with E-state index in [1.54, 1.807) is 12.1 Å². The first-order chi connectivity index (χ1) is 13.6. The summed E-state index contributed by atoms with van der Waals surface area (Å²) in [4.78, 5) is 25.2. The molecule has 2 heterocycles. The highest BCUT2D eigenvalue weighted by atomic mass is 35.5. The number of carbonyl (C=O) groups excluding carboxylic acids is 1. The summed E-state index contributed by atoms with van der Waals surface area (Å²) in [5.41, 5.74) is 0.893. The van der Waals surface area contributed by atoms with E-state index in [0.717, 1.165) is 56.6 Å². The lowest BCUT2D eigenvalue weighted by molar-refractivity contribution is -0.906. The average Bonchev–Trinajstić information content (AvgIpc) is 2.68. The molecule has 2 N–H and O–H groups in total. The van der Waals surface area contributed by atoms with Gasteiger partial charge in [0.1, 0.15) is 24.4 Å². The Kier molecular flexibility index (Phi) is 7.30. The Hall–Kier alpha value is -2.09.